The Morgan fingerprint density at radius 3 is 2.10 bits per heavy atom. The van der Waals surface area contributed by atoms with Gasteiger partial charge in [-0.25, -0.2) is 8.42 Å². The van der Waals surface area contributed by atoms with Crippen molar-refractivity contribution < 1.29 is 17.6 Å². The molecule has 0 radical (unpaired) electrons. The summed E-state index contributed by atoms with van der Waals surface area (Å²) in [6, 6.07) is 10.1. The molecule has 1 N–H and O–H groups in total. The highest BCUT2D eigenvalue weighted by Crippen LogP contribution is 2.43. The summed E-state index contributed by atoms with van der Waals surface area (Å²) in [5, 5.41) is 0. The first-order valence-corrected chi connectivity index (χ1v) is 16.2. The summed E-state index contributed by atoms with van der Waals surface area (Å²) in [5.41, 5.74) is 5.87. The van der Waals surface area contributed by atoms with E-state index in [1.165, 1.54) is 45.0 Å². The zero-order valence-electron chi connectivity index (χ0n) is 24.1. The molecule has 0 bridgehead atoms. The van der Waals surface area contributed by atoms with Gasteiger partial charge >= 0.3 is 0 Å². The van der Waals surface area contributed by atoms with Gasteiger partial charge in [0.25, 0.3) is 0 Å². The Morgan fingerprint density at radius 1 is 0.846 bits per heavy atom. The Labute approximate surface area is 242 Å². The fraction of sp³-hybridized carbons (Fsp3) is 0.548. The average Bonchev–Trinajstić information content (AvgIpc) is 3.18. The average molecular weight is 579 g/mol. The smallest absolute Gasteiger partial charge is 0.229 e. The Kier molecular flexibility index (Phi) is 14.2. The molecule has 0 spiro atoms. The van der Waals surface area contributed by atoms with Crippen molar-refractivity contribution in [2.75, 3.05) is 37.2 Å². The highest BCUT2D eigenvalue weighted by Gasteiger charge is 2.25. The second-order valence-corrected chi connectivity index (χ2v) is 12.0. The van der Waals surface area contributed by atoms with Crippen LogP contribution in [-0.2, 0) is 22.9 Å². The van der Waals surface area contributed by atoms with E-state index < -0.39 is 10.0 Å². The second-order valence-electron chi connectivity index (χ2n) is 10.3. The molecule has 39 heavy (non-hydrogen) atoms. The summed E-state index contributed by atoms with van der Waals surface area (Å²) in [5.74, 6) is 0.885. The number of nitrogens with zero attached hydrogens (tertiary/aromatic N) is 1. The highest BCUT2D eigenvalue weighted by atomic mass is 35.5. The summed E-state index contributed by atoms with van der Waals surface area (Å²) < 4.78 is 38.7. The van der Waals surface area contributed by atoms with Crippen LogP contribution in [-0.4, -0.2) is 45.8 Å². The number of rotatable bonds is 18. The molecular formula is C31H47ClN2O4S. The topological polar surface area (TPSA) is 71.8 Å². The van der Waals surface area contributed by atoms with E-state index >= 15 is 0 Å². The van der Waals surface area contributed by atoms with Crippen LogP contribution in [0.1, 0.15) is 82.4 Å². The summed E-state index contributed by atoms with van der Waals surface area (Å²) in [6.45, 7) is 10.8. The third kappa shape index (κ3) is 10.4. The molecule has 0 amide bonds. The van der Waals surface area contributed by atoms with Crippen LogP contribution in [0, 0.1) is 0 Å². The van der Waals surface area contributed by atoms with Crippen molar-refractivity contribution in [3.05, 3.63) is 59.5 Å². The number of benzene rings is 1. The maximum atomic E-state index is 12.2. The van der Waals surface area contributed by atoms with Crippen LogP contribution in [0.15, 0.2) is 47.3 Å². The first kappa shape index (κ1) is 33.0. The number of fused-ring (bicyclic) bond motifs is 1. The number of unbranched alkanes of at least 4 members (excludes halogenated alkanes) is 3. The first-order valence-electron chi connectivity index (χ1n) is 14.3. The Bertz CT molecular complexity index is 1170. The van der Waals surface area contributed by atoms with Gasteiger partial charge in [0, 0.05) is 17.7 Å². The lowest BCUT2D eigenvalue weighted by molar-refractivity contribution is 0.229. The number of hydrogen-bond acceptors (Lipinski definition) is 5. The first-order chi connectivity index (χ1) is 18.4. The summed E-state index contributed by atoms with van der Waals surface area (Å²) in [7, 11) is -3.41. The predicted molar refractivity (Wildman–Crippen MR) is 165 cm³/mol. The zero-order valence-corrected chi connectivity index (χ0v) is 25.8. The minimum Gasteiger partial charge on any atom is -0.494 e. The largest absolute Gasteiger partial charge is 0.494 e. The van der Waals surface area contributed by atoms with Gasteiger partial charge in [0.1, 0.15) is 5.75 Å². The standard InChI is InChI=1S/C31H46N2O4S.ClH/c1-5-8-12-27-29(30-24-36-22-17-28(30)31(27)32-38(4,34)35)23-25-13-15-26(16-14-25)37-21-11-20-33(18-9-6-2)19-10-7-3;/h13-17,22,24,32H,5-12,18-21,23H2,1-4H3;1H. The second kappa shape index (κ2) is 16.8. The van der Waals surface area contributed by atoms with Crippen LogP contribution in [0.5, 0.6) is 5.75 Å². The molecular weight excluding hydrogens is 532 g/mol. The van der Waals surface area contributed by atoms with Gasteiger partial charge in [-0.05, 0) is 86.5 Å². The van der Waals surface area contributed by atoms with Crippen LogP contribution in [0.2, 0.25) is 0 Å². The molecule has 1 aliphatic carbocycles. The van der Waals surface area contributed by atoms with Crippen LogP contribution < -0.4 is 9.46 Å². The summed E-state index contributed by atoms with van der Waals surface area (Å²) >= 11 is 0. The SMILES string of the molecule is CCCCc1c(Cc2ccc(OCCCN(CCCC)CCCC)cc2)c2coccc-2c1NS(C)(=O)=O.Cl. The predicted octanol–water partition coefficient (Wildman–Crippen LogP) is 7.78. The van der Waals surface area contributed by atoms with E-state index in [2.05, 4.69) is 42.5 Å². The molecule has 6 nitrogen and oxygen atoms in total. The molecule has 0 saturated carbocycles. The molecule has 1 heterocycles. The number of ether oxygens (including phenoxy) is 1. The lowest BCUT2D eigenvalue weighted by Crippen LogP contribution is -2.28. The summed E-state index contributed by atoms with van der Waals surface area (Å²) in [6.07, 6.45) is 14.1. The van der Waals surface area contributed by atoms with E-state index in [0.717, 1.165) is 65.8 Å². The maximum Gasteiger partial charge on any atom is 0.229 e. The van der Waals surface area contributed by atoms with Crippen LogP contribution >= 0.6 is 12.4 Å². The molecule has 0 aromatic heterocycles. The number of nitrogens with one attached hydrogen (secondary N) is 1. The van der Waals surface area contributed by atoms with Gasteiger partial charge in [0.05, 0.1) is 31.1 Å². The van der Waals surface area contributed by atoms with Crippen molar-refractivity contribution in [2.45, 2.75) is 78.6 Å². The number of sulfonamides is 1. The van der Waals surface area contributed by atoms with Gasteiger partial charge in [-0.2, -0.15) is 0 Å². The van der Waals surface area contributed by atoms with E-state index in [1.54, 1.807) is 12.5 Å². The molecule has 2 aliphatic rings. The normalized spacial score (nSPS) is 11.6. The van der Waals surface area contributed by atoms with Crippen LogP contribution in [0.3, 0.4) is 0 Å². The molecule has 1 aromatic rings. The minimum absolute atomic E-state index is 0. The van der Waals surface area contributed by atoms with Crippen molar-refractivity contribution in [3.8, 4) is 16.9 Å². The molecule has 1 aromatic carbocycles. The van der Waals surface area contributed by atoms with Gasteiger partial charge in [-0.1, -0.05) is 52.2 Å². The Morgan fingerprint density at radius 2 is 1.49 bits per heavy atom. The quantitative estimate of drug-likeness (QED) is 0.156. The molecule has 8 heteroatoms. The third-order valence-electron chi connectivity index (χ3n) is 6.97. The zero-order chi connectivity index (χ0) is 27.4. The lowest BCUT2D eigenvalue weighted by Gasteiger charge is -2.21. The van der Waals surface area contributed by atoms with Crippen molar-refractivity contribution in [1.29, 1.82) is 0 Å². The number of hydrogen-bond donors (Lipinski definition) is 1. The van der Waals surface area contributed by atoms with E-state index in [-0.39, 0.29) is 12.4 Å². The van der Waals surface area contributed by atoms with Gasteiger partial charge in [0.2, 0.25) is 10.0 Å². The van der Waals surface area contributed by atoms with Crippen LogP contribution in [0.4, 0.5) is 5.69 Å². The van der Waals surface area contributed by atoms with E-state index in [0.29, 0.717) is 18.7 Å². The van der Waals surface area contributed by atoms with Gasteiger partial charge in [-0.3, -0.25) is 4.72 Å². The van der Waals surface area contributed by atoms with Crippen molar-refractivity contribution in [2.24, 2.45) is 0 Å². The molecule has 0 saturated heterocycles. The van der Waals surface area contributed by atoms with Gasteiger partial charge in [0.15, 0.2) is 0 Å². The highest BCUT2D eigenvalue weighted by molar-refractivity contribution is 7.92. The molecule has 3 rings (SSSR count). The van der Waals surface area contributed by atoms with Crippen molar-refractivity contribution >= 4 is 28.1 Å². The molecule has 218 valence electrons. The maximum absolute atomic E-state index is 12.2. The summed E-state index contributed by atoms with van der Waals surface area (Å²) in [4.78, 5) is 2.57. The third-order valence-corrected chi connectivity index (χ3v) is 7.54. The fourth-order valence-corrected chi connectivity index (χ4v) is 5.52. The number of halogens is 1. The van der Waals surface area contributed by atoms with Gasteiger partial charge in [-0.15, -0.1) is 12.4 Å². The van der Waals surface area contributed by atoms with E-state index in [1.807, 2.05) is 18.2 Å². The molecule has 1 aliphatic heterocycles. The van der Waals surface area contributed by atoms with Gasteiger partial charge < -0.3 is 14.1 Å². The van der Waals surface area contributed by atoms with Crippen molar-refractivity contribution in [1.82, 2.24) is 4.90 Å². The Hall–Kier alpha value is -2.22. The molecule has 0 unspecified atom stereocenters. The number of anilines is 1. The van der Waals surface area contributed by atoms with E-state index in [4.69, 9.17) is 9.15 Å². The molecule has 0 fully saturated rings. The minimum atomic E-state index is -3.41. The monoisotopic (exact) mass is 578 g/mol. The molecule has 0 atom stereocenters. The Balaban J connectivity index is 0.00000533. The fourth-order valence-electron chi connectivity index (χ4n) is 4.91. The lowest BCUT2D eigenvalue weighted by atomic mass is 9.98. The van der Waals surface area contributed by atoms with Crippen molar-refractivity contribution in [3.63, 3.8) is 0 Å². The van der Waals surface area contributed by atoms with Crippen LogP contribution in [0.25, 0.3) is 11.1 Å². The van der Waals surface area contributed by atoms with E-state index in [9.17, 15) is 8.42 Å².